The number of carbonyl (C=O) groups is 1. The number of unbranched alkanes of at least 4 members (excludes halogenated alkanes) is 1. The molecule has 0 aliphatic heterocycles. The van der Waals surface area contributed by atoms with Crippen LogP contribution in [0.2, 0.25) is 0 Å². The normalized spacial score (nSPS) is 14.3. The summed E-state index contributed by atoms with van der Waals surface area (Å²) in [4.78, 5) is 19.0. The molecular formula is C37H50F2N7O7PS. The summed E-state index contributed by atoms with van der Waals surface area (Å²) in [5.41, 5.74) is 8.89. The Bertz CT molecular complexity index is 1890. The maximum Gasteiger partial charge on any atom is 0.477 e. The third-order valence-electron chi connectivity index (χ3n) is 7.74. The van der Waals surface area contributed by atoms with E-state index in [2.05, 4.69) is 16.2 Å². The summed E-state index contributed by atoms with van der Waals surface area (Å²) in [7, 11) is -4.22. The minimum Gasteiger partial charge on any atom is -0.480 e. The van der Waals surface area contributed by atoms with Crippen LogP contribution >= 0.6 is 19.2 Å². The highest BCUT2D eigenvalue weighted by molar-refractivity contribution is 7.48. The zero-order chi connectivity index (χ0) is 41.0. The fraction of sp³-hybridized carbons (Fsp3) is 0.486. The number of nitrogens with two attached hydrogens (primary N) is 2. The van der Waals surface area contributed by atoms with Gasteiger partial charge in [0.2, 0.25) is 0 Å². The van der Waals surface area contributed by atoms with Gasteiger partial charge in [-0.3, -0.25) is 18.4 Å². The van der Waals surface area contributed by atoms with Crippen molar-refractivity contribution in [1.82, 2.24) is 19.7 Å². The molecule has 14 nitrogen and oxygen atoms in total. The highest BCUT2D eigenvalue weighted by atomic mass is 32.1. The van der Waals surface area contributed by atoms with Crippen molar-refractivity contribution in [2.24, 2.45) is 11.5 Å². The van der Waals surface area contributed by atoms with Crippen LogP contribution in [0.1, 0.15) is 89.8 Å². The van der Waals surface area contributed by atoms with Gasteiger partial charge in [0.25, 0.3) is 0 Å². The molecular weight excluding hydrogens is 755 g/mol. The van der Waals surface area contributed by atoms with Gasteiger partial charge in [0.1, 0.15) is 35.9 Å². The second-order valence-corrected chi connectivity index (χ2v) is 17.0. The number of aliphatic carboxylic acids is 1. The smallest absolute Gasteiger partial charge is 0.477 e. The summed E-state index contributed by atoms with van der Waals surface area (Å²) < 4.78 is 68.8. The molecule has 55 heavy (non-hydrogen) atoms. The van der Waals surface area contributed by atoms with Gasteiger partial charge in [-0.15, -0.1) is 11.3 Å². The SMILES string of the molecule is C[C@@H](c1nc(-c2ccc(C#N)cc2)cs1)[C@@](Cn1cncn1)(OCOP(=O)(OC(C)(C)C)OC(C)(C)C)c1ccc(F)cc1F.NCCCCC(N)C(=O)O. The van der Waals surface area contributed by atoms with Gasteiger partial charge < -0.3 is 21.3 Å². The van der Waals surface area contributed by atoms with Crippen LogP contribution in [0.4, 0.5) is 8.78 Å². The molecule has 3 atom stereocenters. The maximum absolute atomic E-state index is 15.7. The molecule has 2 aromatic heterocycles. The van der Waals surface area contributed by atoms with E-state index in [1.807, 2.05) is 5.38 Å². The molecule has 2 aromatic carbocycles. The number of nitriles is 1. The van der Waals surface area contributed by atoms with Crippen LogP contribution in [0.5, 0.6) is 0 Å². The molecule has 2 heterocycles. The summed E-state index contributed by atoms with van der Waals surface area (Å²) in [6.45, 7) is 11.9. The van der Waals surface area contributed by atoms with Crippen LogP contribution in [0.3, 0.4) is 0 Å². The highest BCUT2D eigenvalue weighted by Gasteiger charge is 2.46. The molecule has 0 radical (unpaired) electrons. The number of hydrogen-bond donors (Lipinski definition) is 3. The Morgan fingerprint density at radius 2 is 1.73 bits per heavy atom. The standard InChI is InChI=1S/C31H36F2N5O5PS.C6H14N2O2/c1-21(28-37-27(16-45-28)23-10-8-22(15-34)9-11-23)31(17-38-19-35-18-36-38,25-13-12-24(32)14-26(25)33)40-20-41-44(39,42-29(2,3)4)43-30(5,6)7;7-4-2-1-3-5(8)6(9)10/h8-14,16,18-19,21H,17,20H2,1-7H3;5H,1-4,7-8H2,(H,9,10)/t21-,31+;/m0./s1. The Morgan fingerprint density at radius 3 is 2.25 bits per heavy atom. The average molecular weight is 806 g/mol. The summed E-state index contributed by atoms with van der Waals surface area (Å²) in [5.74, 6) is -3.27. The molecule has 0 saturated carbocycles. The van der Waals surface area contributed by atoms with Gasteiger partial charge in [-0.25, -0.2) is 28.0 Å². The van der Waals surface area contributed by atoms with E-state index in [9.17, 15) is 13.8 Å². The van der Waals surface area contributed by atoms with Crippen molar-refractivity contribution in [3.8, 4) is 17.3 Å². The first kappa shape index (κ1) is 45.4. The lowest BCUT2D eigenvalue weighted by Crippen LogP contribution is -2.41. The number of carboxylic acid groups (broad SMARTS) is 1. The van der Waals surface area contributed by atoms with Crippen LogP contribution in [-0.4, -0.2) is 61.4 Å². The Hall–Kier alpha value is -3.98. The van der Waals surface area contributed by atoms with Gasteiger partial charge in [-0.05, 0) is 79.1 Å². The van der Waals surface area contributed by atoms with E-state index in [0.29, 0.717) is 29.2 Å². The van der Waals surface area contributed by atoms with Crippen LogP contribution in [0, 0.1) is 23.0 Å². The molecule has 18 heteroatoms. The molecule has 0 saturated heterocycles. The number of hydrogen-bond acceptors (Lipinski definition) is 13. The van der Waals surface area contributed by atoms with Crippen molar-refractivity contribution in [2.45, 2.75) is 103 Å². The number of phosphoric ester groups is 1. The van der Waals surface area contributed by atoms with Crippen molar-refractivity contribution < 1.29 is 41.6 Å². The molecule has 5 N–H and O–H groups in total. The van der Waals surface area contributed by atoms with Crippen molar-refractivity contribution in [2.75, 3.05) is 13.3 Å². The zero-order valence-corrected chi connectivity index (χ0v) is 33.8. The predicted molar refractivity (Wildman–Crippen MR) is 204 cm³/mol. The maximum atomic E-state index is 15.7. The van der Waals surface area contributed by atoms with E-state index >= 15 is 4.39 Å². The van der Waals surface area contributed by atoms with Gasteiger partial charge in [-0.1, -0.05) is 31.5 Å². The van der Waals surface area contributed by atoms with Crippen LogP contribution in [0.25, 0.3) is 11.3 Å². The molecule has 0 amide bonds. The minimum atomic E-state index is -4.22. The molecule has 300 valence electrons. The summed E-state index contributed by atoms with van der Waals surface area (Å²) in [6.07, 6.45) is 4.92. The predicted octanol–water partition coefficient (Wildman–Crippen LogP) is 7.51. The summed E-state index contributed by atoms with van der Waals surface area (Å²) in [6, 6.07) is 11.5. The van der Waals surface area contributed by atoms with Gasteiger partial charge in [-0.2, -0.15) is 10.4 Å². The number of carboxylic acids is 1. The third kappa shape index (κ3) is 13.9. The number of benzene rings is 2. The van der Waals surface area contributed by atoms with E-state index < -0.39 is 61.0 Å². The number of halogens is 2. The van der Waals surface area contributed by atoms with Crippen molar-refractivity contribution in [3.63, 3.8) is 0 Å². The van der Waals surface area contributed by atoms with Gasteiger partial charge >= 0.3 is 13.8 Å². The fourth-order valence-electron chi connectivity index (χ4n) is 5.20. The second kappa shape index (κ2) is 19.7. The molecule has 0 aliphatic carbocycles. The molecule has 0 spiro atoms. The highest BCUT2D eigenvalue weighted by Crippen LogP contribution is 2.56. The van der Waals surface area contributed by atoms with Crippen LogP contribution in [-0.2, 0) is 39.8 Å². The Kier molecular flexibility index (Phi) is 16.3. The van der Waals surface area contributed by atoms with E-state index in [4.69, 9.17) is 45.1 Å². The van der Waals surface area contributed by atoms with E-state index in [1.165, 1.54) is 34.7 Å². The lowest BCUT2D eigenvalue weighted by molar-refractivity contribution is -0.148. The topological polar surface area (TPSA) is 211 Å². The van der Waals surface area contributed by atoms with E-state index in [-0.39, 0.29) is 12.1 Å². The largest absolute Gasteiger partial charge is 0.480 e. The van der Waals surface area contributed by atoms with Gasteiger partial charge in [0.15, 0.2) is 6.79 Å². The number of phosphoric acid groups is 1. The average Bonchev–Trinajstić information content (AvgIpc) is 3.79. The molecule has 4 aromatic rings. The number of nitrogens with zero attached hydrogens (tertiary/aromatic N) is 5. The molecule has 4 rings (SSSR count). The second-order valence-electron chi connectivity index (χ2n) is 14.6. The lowest BCUT2D eigenvalue weighted by Gasteiger charge is -2.39. The summed E-state index contributed by atoms with van der Waals surface area (Å²) >= 11 is 1.32. The Balaban J connectivity index is 0.000000712. The molecule has 0 bridgehead atoms. The quantitative estimate of drug-likeness (QED) is 0.0537. The van der Waals surface area contributed by atoms with E-state index in [1.54, 1.807) is 72.7 Å². The number of aromatic nitrogens is 4. The lowest BCUT2D eigenvalue weighted by atomic mass is 9.81. The first-order chi connectivity index (χ1) is 25.7. The molecule has 0 aliphatic rings. The third-order valence-corrected chi connectivity index (χ3v) is 10.7. The Labute approximate surface area is 324 Å². The number of rotatable bonds is 17. The van der Waals surface area contributed by atoms with E-state index in [0.717, 1.165) is 30.5 Å². The first-order valence-electron chi connectivity index (χ1n) is 17.4. The molecule has 0 fully saturated rings. The van der Waals surface area contributed by atoms with Gasteiger partial charge in [0.05, 0.1) is 40.1 Å². The Morgan fingerprint density at radius 1 is 1.07 bits per heavy atom. The van der Waals surface area contributed by atoms with Crippen LogP contribution < -0.4 is 11.5 Å². The number of thiazole rings is 1. The van der Waals surface area contributed by atoms with Crippen molar-refractivity contribution in [1.29, 1.82) is 5.26 Å². The molecule has 1 unspecified atom stereocenters. The van der Waals surface area contributed by atoms with Gasteiger partial charge in [0, 0.05) is 28.5 Å². The summed E-state index contributed by atoms with van der Waals surface area (Å²) in [5, 5.41) is 24.1. The minimum absolute atomic E-state index is 0.00562. The fourth-order valence-corrected chi connectivity index (χ4v) is 7.83. The van der Waals surface area contributed by atoms with Crippen LogP contribution in [0.15, 0.2) is 60.5 Å². The van der Waals surface area contributed by atoms with Crippen molar-refractivity contribution >= 4 is 25.1 Å². The van der Waals surface area contributed by atoms with Crippen molar-refractivity contribution in [3.05, 3.63) is 88.3 Å². The first-order valence-corrected chi connectivity index (χ1v) is 19.8. The number of ether oxygens (including phenoxy) is 1. The zero-order valence-electron chi connectivity index (χ0n) is 32.1. The monoisotopic (exact) mass is 805 g/mol.